The predicted molar refractivity (Wildman–Crippen MR) is 91.4 cm³/mol. The van der Waals surface area contributed by atoms with Crippen molar-refractivity contribution in [2.24, 2.45) is 5.92 Å². The second kappa shape index (κ2) is 8.94. The highest BCUT2D eigenvalue weighted by atomic mass is 32.2. The summed E-state index contributed by atoms with van der Waals surface area (Å²) in [4.78, 5) is 6.05. The summed E-state index contributed by atoms with van der Waals surface area (Å²) >= 11 is 0. The van der Waals surface area contributed by atoms with E-state index in [1.165, 1.54) is 25.5 Å². The van der Waals surface area contributed by atoms with Crippen molar-refractivity contribution in [3.8, 4) is 0 Å². The molecule has 1 aliphatic rings. The molecule has 1 fully saturated rings. The van der Waals surface area contributed by atoms with Crippen molar-refractivity contribution in [1.82, 2.24) is 14.5 Å². The van der Waals surface area contributed by atoms with E-state index in [0.717, 1.165) is 18.5 Å². The molecule has 1 saturated carbocycles. The first-order chi connectivity index (χ1) is 11.5. The summed E-state index contributed by atoms with van der Waals surface area (Å²) in [6, 6.07) is 0. The van der Waals surface area contributed by atoms with Crippen LogP contribution in [0.3, 0.4) is 0 Å². The van der Waals surface area contributed by atoms with Gasteiger partial charge in [0, 0.05) is 32.4 Å². The Labute approximate surface area is 144 Å². The lowest BCUT2D eigenvalue weighted by atomic mass is 9.89. The van der Waals surface area contributed by atoms with Crippen LogP contribution in [-0.2, 0) is 22.9 Å². The maximum atomic E-state index is 12.1. The van der Waals surface area contributed by atoms with Crippen LogP contribution in [0.15, 0.2) is 11.4 Å². The van der Waals surface area contributed by atoms with Gasteiger partial charge in [-0.1, -0.05) is 19.3 Å². The Morgan fingerprint density at radius 1 is 1.21 bits per heavy atom. The minimum atomic E-state index is -3.39. The Kier molecular flexibility index (Phi) is 7.21. The minimum absolute atomic E-state index is 0.00427. The average molecular weight is 359 g/mol. The van der Waals surface area contributed by atoms with E-state index in [2.05, 4.69) is 4.98 Å². The monoisotopic (exact) mass is 359 g/mol. The Morgan fingerprint density at radius 2 is 1.83 bits per heavy atom. The van der Waals surface area contributed by atoms with Crippen LogP contribution in [0.25, 0.3) is 0 Å². The molecule has 0 aromatic carbocycles. The van der Waals surface area contributed by atoms with Crippen molar-refractivity contribution in [3.63, 3.8) is 0 Å². The Bertz CT molecular complexity index is 603. The van der Waals surface area contributed by atoms with Crippen LogP contribution >= 0.6 is 0 Å². The molecule has 1 aromatic heterocycles. The van der Waals surface area contributed by atoms with Crippen LogP contribution in [0, 0.1) is 5.92 Å². The molecule has 2 N–H and O–H groups in total. The van der Waals surface area contributed by atoms with E-state index in [-0.39, 0.29) is 18.4 Å². The fraction of sp³-hybridized carbons (Fsp3) is 0.812. The smallest absolute Gasteiger partial charge is 0.227 e. The molecule has 1 aromatic rings. The Hall–Kier alpha value is -0.960. The fourth-order valence-corrected chi connectivity index (χ4v) is 4.26. The van der Waals surface area contributed by atoms with E-state index < -0.39 is 9.84 Å². The lowest BCUT2D eigenvalue weighted by molar-refractivity contribution is 0.152. The zero-order chi connectivity index (χ0) is 17.6. The van der Waals surface area contributed by atoms with Crippen LogP contribution < -0.4 is 0 Å². The number of aliphatic hydroxyl groups excluding tert-OH is 2. The third-order valence-electron chi connectivity index (χ3n) is 4.62. The molecule has 0 saturated heterocycles. The summed E-state index contributed by atoms with van der Waals surface area (Å²) in [7, 11) is -3.39. The maximum absolute atomic E-state index is 12.1. The molecule has 7 nitrogen and oxygen atoms in total. The van der Waals surface area contributed by atoms with Crippen molar-refractivity contribution >= 4 is 9.84 Å². The highest BCUT2D eigenvalue weighted by Crippen LogP contribution is 2.27. The van der Waals surface area contributed by atoms with Crippen molar-refractivity contribution < 1.29 is 18.6 Å². The third kappa shape index (κ3) is 5.27. The second-order valence-electron chi connectivity index (χ2n) is 6.64. The molecule has 0 aliphatic heterocycles. The number of rotatable bonds is 9. The van der Waals surface area contributed by atoms with E-state index in [9.17, 15) is 8.42 Å². The van der Waals surface area contributed by atoms with Crippen LogP contribution in [0.4, 0.5) is 0 Å². The molecule has 0 atom stereocenters. The van der Waals surface area contributed by atoms with Gasteiger partial charge in [0.1, 0.15) is 0 Å². The zero-order valence-corrected chi connectivity index (χ0v) is 15.2. The summed E-state index contributed by atoms with van der Waals surface area (Å²) < 4.78 is 26.0. The SMILES string of the molecule is CS(=O)(=O)c1ncc(CN(CCO)CCO)n1CC1CCCCC1. The van der Waals surface area contributed by atoms with Crippen molar-refractivity contribution in [2.45, 2.75) is 50.4 Å². The van der Waals surface area contributed by atoms with Crippen molar-refractivity contribution in [2.75, 3.05) is 32.6 Å². The molecule has 1 aliphatic carbocycles. The van der Waals surface area contributed by atoms with Crippen molar-refractivity contribution in [3.05, 3.63) is 11.9 Å². The first-order valence-corrected chi connectivity index (χ1v) is 10.5. The molecular weight excluding hydrogens is 330 g/mol. The first-order valence-electron chi connectivity index (χ1n) is 8.64. The van der Waals surface area contributed by atoms with E-state index >= 15 is 0 Å². The summed E-state index contributed by atoms with van der Waals surface area (Å²) in [5, 5.41) is 18.5. The molecular formula is C16H29N3O4S. The minimum Gasteiger partial charge on any atom is -0.395 e. The second-order valence-corrected chi connectivity index (χ2v) is 8.55. The van der Waals surface area contributed by atoms with E-state index in [1.807, 2.05) is 9.47 Å². The standard InChI is InChI=1S/C16H29N3O4S/c1-24(22,23)16-17-11-15(13-18(7-9-20)8-10-21)19(16)12-14-5-3-2-4-6-14/h11,14,20-21H,2-10,12-13H2,1H3. The molecule has 24 heavy (non-hydrogen) atoms. The molecule has 138 valence electrons. The highest BCUT2D eigenvalue weighted by molar-refractivity contribution is 7.90. The fourth-order valence-electron chi connectivity index (χ4n) is 3.42. The van der Waals surface area contributed by atoms with E-state index in [4.69, 9.17) is 10.2 Å². The number of hydrogen-bond donors (Lipinski definition) is 2. The van der Waals surface area contributed by atoms with Gasteiger partial charge in [-0.3, -0.25) is 4.90 Å². The molecule has 2 rings (SSSR count). The average Bonchev–Trinajstić information content (AvgIpc) is 2.92. The van der Waals surface area contributed by atoms with Gasteiger partial charge in [0.05, 0.1) is 25.1 Å². The van der Waals surface area contributed by atoms with Gasteiger partial charge in [0.25, 0.3) is 0 Å². The van der Waals surface area contributed by atoms with Crippen LogP contribution in [-0.4, -0.2) is 65.6 Å². The lowest BCUT2D eigenvalue weighted by Gasteiger charge is -2.25. The molecule has 0 radical (unpaired) electrons. The Morgan fingerprint density at radius 3 is 2.38 bits per heavy atom. The number of nitrogens with zero attached hydrogens (tertiary/aromatic N) is 3. The zero-order valence-electron chi connectivity index (χ0n) is 14.4. The van der Waals surface area contributed by atoms with Crippen LogP contribution in [0.5, 0.6) is 0 Å². The molecule has 1 heterocycles. The predicted octanol–water partition coefficient (Wildman–Crippen LogP) is 0.653. The number of imidazole rings is 1. The summed E-state index contributed by atoms with van der Waals surface area (Å²) in [6.07, 6.45) is 8.70. The largest absolute Gasteiger partial charge is 0.395 e. The van der Waals surface area contributed by atoms with Gasteiger partial charge in [-0.25, -0.2) is 13.4 Å². The van der Waals surface area contributed by atoms with Gasteiger partial charge in [-0.2, -0.15) is 0 Å². The molecule has 8 heteroatoms. The molecule has 0 bridgehead atoms. The summed E-state index contributed by atoms with van der Waals surface area (Å²) in [6.45, 7) is 2.00. The van der Waals surface area contributed by atoms with Gasteiger partial charge in [-0.15, -0.1) is 0 Å². The third-order valence-corrected chi connectivity index (χ3v) is 5.61. The van der Waals surface area contributed by atoms with Gasteiger partial charge in [0.15, 0.2) is 0 Å². The van der Waals surface area contributed by atoms with Crippen molar-refractivity contribution in [1.29, 1.82) is 0 Å². The van der Waals surface area contributed by atoms with Crippen LogP contribution in [0.2, 0.25) is 0 Å². The van der Waals surface area contributed by atoms with Gasteiger partial charge >= 0.3 is 0 Å². The number of sulfone groups is 1. The first kappa shape index (κ1) is 19.4. The number of hydrogen-bond acceptors (Lipinski definition) is 6. The Balaban J connectivity index is 2.24. The molecule has 0 amide bonds. The normalized spacial score (nSPS) is 16.8. The highest BCUT2D eigenvalue weighted by Gasteiger charge is 2.23. The maximum Gasteiger partial charge on any atom is 0.227 e. The summed E-state index contributed by atoms with van der Waals surface area (Å²) in [5.74, 6) is 0.483. The quantitative estimate of drug-likeness (QED) is 0.672. The van der Waals surface area contributed by atoms with Gasteiger partial charge < -0.3 is 14.8 Å². The number of aromatic nitrogens is 2. The van der Waals surface area contributed by atoms with E-state index in [1.54, 1.807) is 6.20 Å². The van der Waals surface area contributed by atoms with Gasteiger partial charge in [-0.05, 0) is 18.8 Å². The number of aliphatic hydroxyl groups is 2. The lowest BCUT2D eigenvalue weighted by Crippen LogP contribution is -2.31. The topological polar surface area (TPSA) is 95.7 Å². The summed E-state index contributed by atoms with van der Waals surface area (Å²) in [5.41, 5.74) is 0.822. The van der Waals surface area contributed by atoms with Crippen LogP contribution in [0.1, 0.15) is 37.8 Å². The van der Waals surface area contributed by atoms with E-state index in [0.29, 0.717) is 32.1 Å². The van der Waals surface area contributed by atoms with Gasteiger partial charge in [0.2, 0.25) is 15.0 Å². The molecule has 0 unspecified atom stereocenters. The molecule has 0 spiro atoms.